The number of hydrogen-bond donors (Lipinski definition) is 0. The molecule has 0 spiro atoms. The number of methoxy groups -OCH3 is 1. The Kier molecular flexibility index (Phi) is 5.58. The second-order valence-electron chi connectivity index (χ2n) is 5.67. The van der Waals surface area contributed by atoms with Gasteiger partial charge in [0.05, 0.1) is 7.11 Å². The summed E-state index contributed by atoms with van der Waals surface area (Å²) in [6.07, 6.45) is 0. The van der Waals surface area contributed by atoms with Crippen LogP contribution in [0.1, 0.15) is 0 Å². The molecule has 2 aromatic rings. The van der Waals surface area contributed by atoms with Crippen molar-refractivity contribution in [1.82, 2.24) is 4.31 Å². The first-order chi connectivity index (χ1) is 11.9. The highest BCUT2D eigenvalue weighted by Crippen LogP contribution is 2.31. The van der Waals surface area contributed by atoms with Crippen LogP contribution >= 0.6 is 27.5 Å². The van der Waals surface area contributed by atoms with E-state index in [1.165, 1.54) is 11.4 Å². The third-order valence-corrected chi connectivity index (χ3v) is 6.80. The van der Waals surface area contributed by atoms with Gasteiger partial charge in [-0.1, -0.05) is 33.6 Å². The van der Waals surface area contributed by atoms with Crippen molar-refractivity contribution >= 4 is 43.2 Å². The van der Waals surface area contributed by atoms with E-state index in [0.717, 1.165) is 5.69 Å². The first kappa shape index (κ1) is 18.5. The lowest BCUT2D eigenvalue weighted by molar-refractivity contribution is 0.374. The van der Waals surface area contributed by atoms with Gasteiger partial charge >= 0.3 is 0 Å². The summed E-state index contributed by atoms with van der Waals surface area (Å²) in [4.78, 5) is 2.32. The molecule has 1 aliphatic rings. The Labute approximate surface area is 161 Å². The summed E-state index contributed by atoms with van der Waals surface area (Å²) in [5.74, 6) is 0.348. The fourth-order valence-corrected chi connectivity index (χ4v) is 5.15. The molecule has 0 saturated carbocycles. The van der Waals surface area contributed by atoms with Crippen molar-refractivity contribution in [1.29, 1.82) is 0 Å². The van der Waals surface area contributed by atoms with Crippen LogP contribution in [0.3, 0.4) is 0 Å². The van der Waals surface area contributed by atoms with Gasteiger partial charge in [-0.2, -0.15) is 4.31 Å². The smallest absolute Gasteiger partial charge is 0.246 e. The highest BCUT2D eigenvalue weighted by atomic mass is 79.9. The number of hydrogen-bond acceptors (Lipinski definition) is 4. The lowest BCUT2D eigenvalue weighted by Crippen LogP contribution is -2.48. The van der Waals surface area contributed by atoms with Crippen LogP contribution in [0.25, 0.3) is 0 Å². The predicted octanol–water partition coefficient (Wildman–Crippen LogP) is 3.62. The van der Waals surface area contributed by atoms with E-state index in [1.807, 2.05) is 24.3 Å². The zero-order chi connectivity index (χ0) is 18.0. The molecule has 134 valence electrons. The predicted molar refractivity (Wildman–Crippen MR) is 103 cm³/mol. The molecule has 25 heavy (non-hydrogen) atoms. The van der Waals surface area contributed by atoms with Gasteiger partial charge in [0.2, 0.25) is 10.0 Å². The fourth-order valence-electron chi connectivity index (χ4n) is 2.85. The summed E-state index contributed by atoms with van der Waals surface area (Å²) in [6, 6.07) is 12.6. The highest BCUT2D eigenvalue weighted by Gasteiger charge is 2.31. The van der Waals surface area contributed by atoms with Crippen LogP contribution in [0.5, 0.6) is 5.75 Å². The van der Waals surface area contributed by atoms with Crippen molar-refractivity contribution in [2.75, 3.05) is 38.2 Å². The molecule has 1 aliphatic heterocycles. The minimum Gasteiger partial charge on any atom is -0.495 e. The van der Waals surface area contributed by atoms with Crippen molar-refractivity contribution in [3.8, 4) is 5.75 Å². The van der Waals surface area contributed by atoms with E-state index in [-0.39, 0.29) is 4.90 Å². The molecule has 2 aromatic carbocycles. The molecular weight excluding hydrogens is 428 g/mol. The van der Waals surface area contributed by atoms with Crippen molar-refractivity contribution in [3.63, 3.8) is 0 Å². The zero-order valence-corrected chi connectivity index (χ0v) is 16.8. The maximum Gasteiger partial charge on any atom is 0.246 e. The summed E-state index contributed by atoms with van der Waals surface area (Å²) >= 11 is 9.37. The zero-order valence-electron chi connectivity index (χ0n) is 13.7. The normalized spacial score (nSPS) is 16.0. The molecule has 8 heteroatoms. The van der Waals surface area contributed by atoms with Gasteiger partial charge in [-0.05, 0) is 36.4 Å². The lowest BCUT2D eigenvalue weighted by Gasteiger charge is -2.35. The standard InChI is InChI=1S/C17H18BrClN2O3S/c1-24-16-6-5-13(18)11-17(16)25(22,23)21-9-7-20(8-10-21)15-4-2-3-14(19)12-15/h2-6,11-12H,7-10H2,1H3. The molecule has 0 unspecified atom stereocenters. The topological polar surface area (TPSA) is 49.9 Å². The van der Waals surface area contributed by atoms with Gasteiger partial charge in [-0.3, -0.25) is 0 Å². The van der Waals surface area contributed by atoms with Crippen LogP contribution in [0.4, 0.5) is 5.69 Å². The molecule has 0 aliphatic carbocycles. The summed E-state index contributed by atoms with van der Waals surface area (Å²) in [5.41, 5.74) is 1.00. The Hall–Kier alpha value is -1.28. The maximum atomic E-state index is 13.0. The number of anilines is 1. The third-order valence-electron chi connectivity index (χ3n) is 4.16. The van der Waals surface area contributed by atoms with Crippen molar-refractivity contribution < 1.29 is 13.2 Å². The number of rotatable bonds is 4. The number of benzene rings is 2. The van der Waals surface area contributed by atoms with E-state index in [4.69, 9.17) is 16.3 Å². The number of ether oxygens (including phenoxy) is 1. The molecular formula is C17H18BrClN2O3S. The Bertz CT molecular complexity index is 868. The number of sulfonamides is 1. The molecule has 1 fully saturated rings. The summed E-state index contributed by atoms with van der Waals surface area (Å²) in [7, 11) is -2.14. The van der Waals surface area contributed by atoms with Crippen molar-refractivity contribution in [2.24, 2.45) is 0 Å². The maximum absolute atomic E-state index is 13.0. The van der Waals surface area contributed by atoms with Gasteiger partial charge in [0, 0.05) is 41.4 Å². The van der Waals surface area contributed by atoms with E-state index < -0.39 is 10.0 Å². The molecule has 0 aromatic heterocycles. The number of halogens is 2. The molecule has 0 bridgehead atoms. The SMILES string of the molecule is COc1ccc(Br)cc1S(=O)(=O)N1CCN(c2cccc(Cl)c2)CC1. The quantitative estimate of drug-likeness (QED) is 0.721. The van der Waals surface area contributed by atoms with Crippen LogP contribution < -0.4 is 9.64 Å². The molecule has 0 radical (unpaired) electrons. The number of piperazine rings is 1. The molecule has 1 heterocycles. The fraction of sp³-hybridized carbons (Fsp3) is 0.294. The largest absolute Gasteiger partial charge is 0.495 e. The molecule has 1 saturated heterocycles. The molecule has 3 rings (SSSR count). The second-order valence-corrected chi connectivity index (χ2v) is 8.92. The van der Waals surface area contributed by atoms with Gasteiger partial charge in [0.25, 0.3) is 0 Å². The monoisotopic (exact) mass is 444 g/mol. The van der Waals surface area contributed by atoms with Crippen LogP contribution in [0.15, 0.2) is 51.8 Å². The Morgan fingerprint density at radius 2 is 1.80 bits per heavy atom. The molecule has 5 nitrogen and oxygen atoms in total. The van der Waals surface area contributed by atoms with Gasteiger partial charge in [0.1, 0.15) is 10.6 Å². The lowest BCUT2D eigenvalue weighted by atomic mass is 10.2. The summed E-state index contributed by atoms with van der Waals surface area (Å²) < 4.78 is 33.4. The summed E-state index contributed by atoms with van der Waals surface area (Å²) in [5, 5.41) is 0.673. The minimum absolute atomic E-state index is 0.181. The Balaban J connectivity index is 1.79. The van der Waals surface area contributed by atoms with Gasteiger partial charge in [0.15, 0.2) is 0 Å². The first-order valence-corrected chi connectivity index (χ1v) is 10.4. The van der Waals surface area contributed by atoms with Gasteiger partial charge < -0.3 is 9.64 Å². The van der Waals surface area contributed by atoms with Crippen LogP contribution in [-0.2, 0) is 10.0 Å². The van der Waals surface area contributed by atoms with Crippen LogP contribution in [-0.4, -0.2) is 46.0 Å². The first-order valence-electron chi connectivity index (χ1n) is 7.76. The van der Waals surface area contributed by atoms with E-state index in [1.54, 1.807) is 18.2 Å². The van der Waals surface area contributed by atoms with E-state index in [9.17, 15) is 8.42 Å². The highest BCUT2D eigenvalue weighted by molar-refractivity contribution is 9.10. The Morgan fingerprint density at radius 1 is 1.08 bits per heavy atom. The van der Waals surface area contributed by atoms with E-state index >= 15 is 0 Å². The molecule has 0 atom stereocenters. The van der Waals surface area contributed by atoms with Gasteiger partial charge in [-0.15, -0.1) is 0 Å². The van der Waals surface area contributed by atoms with Crippen LogP contribution in [0, 0.1) is 0 Å². The average Bonchev–Trinajstić information content (AvgIpc) is 2.62. The second kappa shape index (κ2) is 7.53. The number of nitrogens with zero attached hydrogens (tertiary/aromatic N) is 2. The van der Waals surface area contributed by atoms with E-state index in [0.29, 0.717) is 41.4 Å². The van der Waals surface area contributed by atoms with Crippen molar-refractivity contribution in [2.45, 2.75) is 4.90 Å². The minimum atomic E-state index is -3.62. The summed E-state index contributed by atoms with van der Waals surface area (Å²) in [6.45, 7) is 2.03. The average molecular weight is 446 g/mol. The Morgan fingerprint density at radius 3 is 2.44 bits per heavy atom. The molecule has 0 amide bonds. The third kappa shape index (κ3) is 3.95. The molecule has 0 N–H and O–H groups in total. The van der Waals surface area contributed by atoms with Gasteiger partial charge in [-0.25, -0.2) is 8.42 Å². The van der Waals surface area contributed by atoms with E-state index in [2.05, 4.69) is 20.8 Å². The van der Waals surface area contributed by atoms with Crippen LogP contribution in [0.2, 0.25) is 5.02 Å². The van der Waals surface area contributed by atoms with Crippen molar-refractivity contribution in [3.05, 3.63) is 52.0 Å².